The van der Waals surface area contributed by atoms with Crippen LogP contribution in [0.3, 0.4) is 0 Å². The van der Waals surface area contributed by atoms with E-state index in [4.69, 9.17) is 0 Å². The molecule has 1 aromatic carbocycles. The molecule has 0 saturated heterocycles. The van der Waals surface area contributed by atoms with E-state index >= 15 is 0 Å². The summed E-state index contributed by atoms with van der Waals surface area (Å²) < 4.78 is 30.6. The van der Waals surface area contributed by atoms with Crippen molar-refractivity contribution in [1.29, 1.82) is 0 Å². The third-order valence-corrected chi connectivity index (χ3v) is 2.12. The summed E-state index contributed by atoms with van der Waals surface area (Å²) in [5, 5.41) is 11.2. The van der Waals surface area contributed by atoms with Gasteiger partial charge in [0.25, 0.3) is 5.91 Å². The summed E-state index contributed by atoms with van der Waals surface area (Å²) in [6.07, 6.45) is -1.59. The number of halogens is 2. The number of carbonyl (C=O) groups excluding carboxylic acids is 2. The molecule has 0 aliphatic carbocycles. The molecule has 0 aromatic heterocycles. The maximum absolute atomic E-state index is 13.2. The Kier molecular flexibility index (Phi) is 4.73. The Balaban J connectivity index is 2.69. The second kappa shape index (κ2) is 6.06. The summed E-state index contributed by atoms with van der Waals surface area (Å²) in [5.41, 5.74) is -0.769. The molecule has 7 heteroatoms. The van der Waals surface area contributed by atoms with E-state index in [2.05, 4.69) is 4.74 Å². The van der Waals surface area contributed by atoms with E-state index in [1.54, 1.807) is 0 Å². The van der Waals surface area contributed by atoms with Crippen LogP contribution in [0.1, 0.15) is 10.4 Å². The molecule has 1 rings (SSSR count). The molecule has 1 atom stereocenters. The van der Waals surface area contributed by atoms with Gasteiger partial charge in [0.2, 0.25) is 0 Å². The lowest BCUT2D eigenvalue weighted by molar-refractivity contribution is -0.149. The number of hydrogen-bond donors (Lipinski definition) is 2. The third-order valence-electron chi connectivity index (χ3n) is 2.12. The van der Waals surface area contributed by atoms with Crippen molar-refractivity contribution >= 4 is 11.9 Å². The summed E-state index contributed by atoms with van der Waals surface area (Å²) in [6, 6.07) is 2.97. The van der Waals surface area contributed by atoms with Crippen LogP contribution in [0, 0.1) is 11.6 Å². The lowest BCUT2D eigenvalue weighted by atomic mass is 10.2. The number of hydrogen-bond acceptors (Lipinski definition) is 4. The number of ether oxygens (including phenoxy) is 1. The highest BCUT2D eigenvalue weighted by Crippen LogP contribution is 2.11. The number of amides is 1. The van der Waals surface area contributed by atoms with Crippen molar-refractivity contribution in [2.45, 2.75) is 6.10 Å². The van der Waals surface area contributed by atoms with Gasteiger partial charge >= 0.3 is 5.97 Å². The van der Waals surface area contributed by atoms with Crippen molar-refractivity contribution in [2.75, 3.05) is 13.7 Å². The molecule has 1 amide bonds. The van der Waals surface area contributed by atoms with Gasteiger partial charge in [-0.1, -0.05) is 6.07 Å². The summed E-state index contributed by atoms with van der Waals surface area (Å²) in [5.74, 6) is -4.07. The first-order valence-electron chi connectivity index (χ1n) is 4.95. The van der Waals surface area contributed by atoms with Gasteiger partial charge < -0.3 is 15.2 Å². The van der Waals surface area contributed by atoms with Gasteiger partial charge in [-0.05, 0) is 12.1 Å². The van der Waals surface area contributed by atoms with E-state index in [0.717, 1.165) is 25.3 Å². The number of benzene rings is 1. The maximum Gasteiger partial charge on any atom is 0.336 e. The molecule has 0 fully saturated rings. The zero-order valence-corrected chi connectivity index (χ0v) is 9.44. The second-order valence-corrected chi connectivity index (χ2v) is 3.35. The molecule has 0 saturated carbocycles. The van der Waals surface area contributed by atoms with Crippen LogP contribution in [0.15, 0.2) is 18.2 Å². The van der Waals surface area contributed by atoms with Crippen LogP contribution in [0.2, 0.25) is 0 Å². The summed E-state index contributed by atoms with van der Waals surface area (Å²) in [7, 11) is 1.06. The number of aliphatic hydroxyl groups is 1. The molecule has 0 radical (unpaired) electrons. The van der Waals surface area contributed by atoms with E-state index in [-0.39, 0.29) is 0 Å². The first kappa shape index (κ1) is 14.0. The highest BCUT2D eigenvalue weighted by atomic mass is 19.1. The number of nitrogens with one attached hydrogen (secondary N) is 1. The van der Waals surface area contributed by atoms with Crippen LogP contribution in [0.25, 0.3) is 0 Å². The minimum atomic E-state index is -1.59. The fourth-order valence-corrected chi connectivity index (χ4v) is 1.21. The first-order valence-corrected chi connectivity index (χ1v) is 4.95. The largest absolute Gasteiger partial charge is 0.467 e. The van der Waals surface area contributed by atoms with Crippen LogP contribution >= 0.6 is 0 Å². The van der Waals surface area contributed by atoms with E-state index in [1.165, 1.54) is 0 Å². The zero-order valence-electron chi connectivity index (χ0n) is 9.44. The molecule has 0 spiro atoms. The maximum atomic E-state index is 13.2. The van der Waals surface area contributed by atoms with Gasteiger partial charge in [-0.3, -0.25) is 4.79 Å². The summed E-state index contributed by atoms with van der Waals surface area (Å²) in [4.78, 5) is 22.3. The molecule has 0 heterocycles. The van der Waals surface area contributed by atoms with Gasteiger partial charge in [0.05, 0.1) is 13.7 Å². The summed E-state index contributed by atoms with van der Waals surface area (Å²) in [6.45, 7) is -0.501. The van der Waals surface area contributed by atoms with Gasteiger partial charge in [0, 0.05) is 0 Å². The zero-order chi connectivity index (χ0) is 13.7. The molecular weight excluding hydrogens is 248 g/mol. The molecule has 5 nitrogen and oxygen atoms in total. The van der Waals surface area contributed by atoms with Crippen molar-refractivity contribution in [3.8, 4) is 0 Å². The quantitative estimate of drug-likeness (QED) is 0.759. The first-order chi connectivity index (χ1) is 8.47. The topological polar surface area (TPSA) is 75.6 Å². The average Bonchev–Trinajstić information content (AvgIpc) is 2.34. The predicted molar refractivity (Wildman–Crippen MR) is 56.7 cm³/mol. The minimum absolute atomic E-state index is 0.501. The molecule has 0 bridgehead atoms. The van der Waals surface area contributed by atoms with E-state index < -0.39 is 41.7 Å². The number of methoxy groups -OCH3 is 1. The molecule has 98 valence electrons. The van der Waals surface area contributed by atoms with Gasteiger partial charge in [-0.15, -0.1) is 0 Å². The van der Waals surface area contributed by atoms with Crippen LogP contribution in [0.4, 0.5) is 8.78 Å². The van der Waals surface area contributed by atoms with Crippen molar-refractivity contribution in [3.05, 3.63) is 35.4 Å². The Morgan fingerprint density at radius 3 is 2.44 bits per heavy atom. The predicted octanol–water partition coefficient (Wildman–Crippen LogP) is 0.228. The normalized spacial score (nSPS) is 11.8. The molecule has 1 unspecified atom stereocenters. The van der Waals surface area contributed by atoms with Crippen molar-refractivity contribution in [1.82, 2.24) is 5.32 Å². The van der Waals surface area contributed by atoms with Crippen molar-refractivity contribution in [2.24, 2.45) is 0 Å². The van der Waals surface area contributed by atoms with Crippen LogP contribution in [-0.4, -0.2) is 36.7 Å². The lowest BCUT2D eigenvalue weighted by Gasteiger charge is -2.10. The number of rotatable bonds is 4. The molecule has 1 aromatic rings. The highest BCUT2D eigenvalue weighted by molar-refractivity contribution is 5.95. The highest BCUT2D eigenvalue weighted by Gasteiger charge is 2.20. The van der Waals surface area contributed by atoms with E-state index in [9.17, 15) is 23.5 Å². The number of aliphatic hydroxyl groups excluding tert-OH is 1. The van der Waals surface area contributed by atoms with Gasteiger partial charge in [-0.25, -0.2) is 13.6 Å². The minimum Gasteiger partial charge on any atom is -0.467 e. The standard InChI is InChI=1S/C11H11F2NO4/c1-18-11(17)8(15)5-14-10(16)9-6(12)3-2-4-7(9)13/h2-4,8,15H,5H2,1H3,(H,14,16). The Bertz CT molecular complexity index is 444. The van der Waals surface area contributed by atoms with Crippen LogP contribution in [-0.2, 0) is 9.53 Å². The Morgan fingerprint density at radius 1 is 1.39 bits per heavy atom. The number of carbonyl (C=O) groups is 2. The Morgan fingerprint density at radius 2 is 1.94 bits per heavy atom. The number of esters is 1. The average molecular weight is 259 g/mol. The molecule has 2 N–H and O–H groups in total. The third kappa shape index (κ3) is 3.24. The van der Waals surface area contributed by atoms with Gasteiger partial charge in [0.1, 0.15) is 17.2 Å². The van der Waals surface area contributed by atoms with E-state index in [0.29, 0.717) is 0 Å². The van der Waals surface area contributed by atoms with Crippen LogP contribution < -0.4 is 5.32 Å². The van der Waals surface area contributed by atoms with Crippen molar-refractivity contribution in [3.63, 3.8) is 0 Å². The molecule has 0 aliphatic heterocycles. The molecule has 0 aliphatic rings. The fourth-order valence-electron chi connectivity index (χ4n) is 1.21. The molecule has 18 heavy (non-hydrogen) atoms. The van der Waals surface area contributed by atoms with Crippen molar-refractivity contribution < 1.29 is 28.2 Å². The Labute approximate surface area is 101 Å². The molecular formula is C11H11F2NO4. The second-order valence-electron chi connectivity index (χ2n) is 3.35. The Hall–Kier alpha value is -2.02. The van der Waals surface area contributed by atoms with Gasteiger partial charge in [0.15, 0.2) is 6.10 Å². The fraction of sp³-hybridized carbons (Fsp3) is 0.273. The van der Waals surface area contributed by atoms with E-state index in [1.807, 2.05) is 5.32 Å². The monoisotopic (exact) mass is 259 g/mol. The van der Waals surface area contributed by atoms with Crippen LogP contribution in [0.5, 0.6) is 0 Å². The lowest BCUT2D eigenvalue weighted by Crippen LogP contribution is -2.37. The smallest absolute Gasteiger partial charge is 0.336 e. The summed E-state index contributed by atoms with van der Waals surface area (Å²) >= 11 is 0. The van der Waals surface area contributed by atoms with Gasteiger partial charge in [-0.2, -0.15) is 0 Å². The SMILES string of the molecule is COC(=O)C(O)CNC(=O)c1c(F)cccc1F.